The smallest absolute Gasteiger partial charge is 0.0469 e. The highest BCUT2D eigenvalue weighted by atomic mass is 35.5. The largest absolute Gasteiger partial charge is 0.325 e. The first kappa shape index (κ1) is 11.0. The molecule has 2 rings (SSSR count). The minimum absolute atomic E-state index is 0.125. The summed E-state index contributed by atoms with van der Waals surface area (Å²) in [5.41, 5.74) is 9.95. The molecule has 0 aromatic heterocycles. The third-order valence-corrected chi connectivity index (χ3v) is 3.96. The van der Waals surface area contributed by atoms with Crippen molar-refractivity contribution in [3.8, 4) is 0 Å². The molecule has 0 radical (unpaired) electrons. The van der Waals surface area contributed by atoms with E-state index in [0.29, 0.717) is 0 Å². The third kappa shape index (κ3) is 2.35. The van der Waals surface area contributed by atoms with E-state index in [9.17, 15) is 0 Å². The van der Waals surface area contributed by atoms with Gasteiger partial charge < -0.3 is 5.73 Å². The molecule has 0 aliphatic heterocycles. The molecule has 82 valence electrons. The molecule has 2 heteroatoms. The Hall–Kier alpha value is -0.530. The number of hydrogen-bond acceptors (Lipinski definition) is 1. The van der Waals surface area contributed by atoms with Gasteiger partial charge in [0.1, 0.15) is 0 Å². The van der Waals surface area contributed by atoms with Gasteiger partial charge in [-0.25, -0.2) is 0 Å². The normalized spacial score (nSPS) is 17.9. The predicted octanol–water partition coefficient (Wildman–Crippen LogP) is 3.38. The van der Waals surface area contributed by atoms with Crippen LogP contribution in [0.15, 0.2) is 12.1 Å². The molecular weight excluding hydrogens is 206 g/mol. The second kappa shape index (κ2) is 3.80. The number of benzene rings is 1. The van der Waals surface area contributed by atoms with Gasteiger partial charge in [0.25, 0.3) is 0 Å². The van der Waals surface area contributed by atoms with Crippen molar-refractivity contribution in [3.63, 3.8) is 0 Å². The molecular formula is C13H18ClN. The van der Waals surface area contributed by atoms with Crippen molar-refractivity contribution in [2.24, 2.45) is 5.73 Å². The number of aryl methyl sites for hydroxylation is 2. The second-order valence-electron chi connectivity index (χ2n) is 4.85. The summed E-state index contributed by atoms with van der Waals surface area (Å²) in [5, 5.41) is 0.930. The lowest BCUT2D eigenvalue weighted by Crippen LogP contribution is -2.22. The number of halogens is 1. The fourth-order valence-corrected chi connectivity index (χ4v) is 2.23. The highest BCUT2D eigenvalue weighted by Crippen LogP contribution is 2.37. The molecule has 1 nitrogen and oxygen atoms in total. The van der Waals surface area contributed by atoms with E-state index in [1.165, 1.54) is 29.5 Å². The van der Waals surface area contributed by atoms with Crippen LogP contribution in [-0.2, 0) is 6.42 Å². The Morgan fingerprint density at radius 3 is 2.47 bits per heavy atom. The van der Waals surface area contributed by atoms with E-state index in [4.69, 9.17) is 17.3 Å². The Labute approximate surface area is 96.6 Å². The zero-order chi connectivity index (χ0) is 11.1. The summed E-state index contributed by atoms with van der Waals surface area (Å²) in [5.74, 6) is 0. The van der Waals surface area contributed by atoms with Gasteiger partial charge in [-0.05, 0) is 56.2 Å². The lowest BCUT2D eigenvalue weighted by Gasteiger charge is -2.13. The number of nitrogens with two attached hydrogens (primary N) is 1. The van der Waals surface area contributed by atoms with Crippen LogP contribution in [-0.4, -0.2) is 5.54 Å². The Morgan fingerprint density at radius 2 is 1.87 bits per heavy atom. The van der Waals surface area contributed by atoms with Gasteiger partial charge in [-0.2, -0.15) is 0 Å². The Kier molecular flexibility index (Phi) is 2.78. The van der Waals surface area contributed by atoms with E-state index in [-0.39, 0.29) is 5.54 Å². The van der Waals surface area contributed by atoms with E-state index in [1.807, 2.05) is 0 Å². The average Bonchev–Trinajstić information content (AvgIpc) is 2.91. The van der Waals surface area contributed by atoms with Gasteiger partial charge in [-0.3, -0.25) is 0 Å². The van der Waals surface area contributed by atoms with E-state index >= 15 is 0 Å². The molecule has 1 aliphatic rings. The molecule has 1 saturated carbocycles. The fourth-order valence-electron chi connectivity index (χ4n) is 1.93. The van der Waals surface area contributed by atoms with Crippen LogP contribution in [0.5, 0.6) is 0 Å². The maximum absolute atomic E-state index is 6.31. The summed E-state index contributed by atoms with van der Waals surface area (Å²) in [6.45, 7) is 4.18. The van der Waals surface area contributed by atoms with Crippen LogP contribution >= 0.6 is 11.6 Å². The van der Waals surface area contributed by atoms with Gasteiger partial charge in [0.05, 0.1) is 0 Å². The number of rotatable bonds is 3. The Bertz CT molecular complexity index is 380. The number of hydrogen-bond donors (Lipinski definition) is 1. The van der Waals surface area contributed by atoms with Crippen molar-refractivity contribution >= 4 is 11.6 Å². The van der Waals surface area contributed by atoms with Crippen molar-refractivity contribution in [3.05, 3.63) is 33.8 Å². The molecule has 15 heavy (non-hydrogen) atoms. The van der Waals surface area contributed by atoms with Gasteiger partial charge in [0.15, 0.2) is 0 Å². The fraction of sp³-hybridized carbons (Fsp3) is 0.538. The molecule has 0 spiro atoms. The Morgan fingerprint density at radius 1 is 1.27 bits per heavy atom. The summed E-state index contributed by atoms with van der Waals surface area (Å²) in [6.07, 6.45) is 4.44. The van der Waals surface area contributed by atoms with Gasteiger partial charge in [-0.1, -0.05) is 23.7 Å². The molecule has 1 aromatic carbocycles. The molecule has 1 aromatic rings. The summed E-state index contributed by atoms with van der Waals surface area (Å²) in [7, 11) is 0. The lowest BCUT2D eigenvalue weighted by atomic mass is 9.98. The van der Waals surface area contributed by atoms with Gasteiger partial charge >= 0.3 is 0 Å². The Balaban J connectivity index is 2.16. The first-order valence-electron chi connectivity index (χ1n) is 5.55. The van der Waals surface area contributed by atoms with Gasteiger partial charge in [0, 0.05) is 10.6 Å². The van der Waals surface area contributed by atoms with E-state index in [2.05, 4.69) is 26.0 Å². The third-order valence-electron chi connectivity index (χ3n) is 3.44. The first-order chi connectivity index (χ1) is 7.02. The van der Waals surface area contributed by atoms with Crippen LogP contribution in [0, 0.1) is 13.8 Å². The standard InChI is InChI=1S/C13H18ClN/c1-9-3-4-10(2)12(14)11(9)5-6-13(15)7-8-13/h3-4H,5-8,15H2,1-2H3. The van der Waals surface area contributed by atoms with Crippen molar-refractivity contribution in [1.29, 1.82) is 0 Å². The molecule has 0 bridgehead atoms. The van der Waals surface area contributed by atoms with Crippen molar-refractivity contribution in [2.75, 3.05) is 0 Å². The predicted molar refractivity (Wildman–Crippen MR) is 65.4 cm³/mol. The maximum Gasteiger partial charge on any atom is 0.0469 e. The van der Waals surface area contributed by atoms with E-state index < -0.39 is 0 Å². The van der Waals surface area contributed by atoms with E-state index in [0.717, 1.165) is 17.9 Å². The van der Waals surface area contributed by atoms with Crippen LogP contribution in [0.3, 0.4) is 0 Å². The molecule has 2 N–H and O–H groups in total. The van der Waals surface area contributed by atoms with Gasteiger partial charge in [0.2, 0.25) is 0 Å². The minimum atomic E-state index is 0.125. The van der Waals surface area contributed by atoms with Crippen LogP contribution in [0.1, 0.15) is 36.0 Å². The van der Waals surface area contributed by atoms with Crippen molar-refractivity contribution in [1.82, 2.24) is 0 Å². The molecule has 1 aliphatic carbocycles. The van der Waals surface area contributed by atoms with Crippen LogP contribution in [0.25, 0.3) is 0 Å². The summed E-state index contributed by atoms with van der Waals surface area (Å²) >= 11 is 6.31. The molecule has 0 heterocycles. The van der Waals surface area contributed by atoms with Crippen LogP contribution in [0.2, 0.25) is 5.02 Å². The topological polar surface area (TPSA) is 26.0 Å². The maximum atomic E-state index is 6.31. The SMILES string of the molecule is Cc1ccc(C)c(CCC2(N)CC2)c1Cl. The monoisotopic (exact) mass is 223 g/mol. The summed E-state index contributed by atoms with van der Waals surface area (Å²) in [4.78, 5) is 0. The zero-order valence-corrected chi connectivity index (χ0v) is 10.2. The summed E-state index contributed by atoms with van der Waals surface area (Å²) < 4.78 is 0. The zero-order valence-electron chi connectivity index (χ0n) is 9.44. The van der Waals surface area contributed by atoms with E-state index in [1.54, 1.807) is 0 Å². The van der Waals surface area contributed by atoms with Gasteiger partial charge in [-0.15, -0.1) is 0 Å². The minimum Gasteiger partial charge on any atom is -0.325 e. The van der Waals surface area contributed by atoms with Crippen molar-refractivity contribution < 1.29 is 0 Å². The first-order valence-corrected chi connectivity index (χ1v) is 5.93. The molecule has 0 atom stereocenters. The average molecular weight is 224 g/mol. The second-order valence-corrected chi connectivity index (χ2v) is 5.23. The van der Waals surface area contributed by atoms with Crippen LogP contribution in [0.4, 0.5) is 0 Å². The summed E-state index contributed by atoms with van der Waals surface area (Å²) in [6, 6.07) is 4.23. The highest BCUT2D eigenvalue weighted by Gasteiger charge is 2.37. The molecule has 1 fully saturated rings. The highest BCUT2D eigenvalue weighted by molar-refractivity contribution is 6.32. The molecule has 0 amide bonds. The molecule has 0 unspecified atom stereocenters. The van der Waals surface area contributed by atoms with Crippen LogP contribution < -0.4 is 5.73 Å². The molecule has 0 saturated heterocycles. The quantitative estimate of drug-likeness (QED) is 0.836. The van der Waals surface area contributed by atoms with Crippen molar-refractivity contribution in [2.45, 2.75) is 45.1 Å². The lowest BCUT2D eigenvalue weighted by molar-refractivity contribution is 0.608.